The van der Waals surface area contributed by atoms with Crippen LogP contribution in [-0.4, -0.2) is 29.7 Å². The normalized spacial score (nSPS) is 22.9. The van der Waals surface area contributed by atoms with Gasteiger partial charge in [0, 0.05) is 12.6 Å². The Bertz CT molecular complexity index is 381. The zero-order chi connectivity index (χ0) is 12.8. The van der Waals surface area contributed by atoms with Crippen molar-refractivity contribution in [2.45, 2.75) is 38.0 Å². The fourth-order valence-corrected chi connectivity index (χ4v) is 2.26. The predicted octanol–water partition coefficient (Wildman–Crippen LogP) is 0.806. The smallest absolute Gasteiger partial charge is 0.234 e. The van der Waals surface area contributed by atoms with E-state index in [4.69, 9.17) is 0 Å². The largest absolute Gasteiger partial charge is 0.392 e. The van der Waals surface area contributed by atoms with Crippen LogP contribution < -0.4 is 10.6 Å². The van der Waals surface area contributed by atoms with Crippen LogP contribution in [0.3, 0.4) is 0 Å². The SMILES string of the molecule is O=C(CN[C@@H]1CCC[C@H]1O)NCc1ccccc1. The van der Waals surface area contributed by atoms with Crippen LogP contribution >= 0.6 is 0 Å². The minimum atomic E-state index is -0.299. The van der Waals surface area contributed by atoms with Crippen LogP contribution in [0.15, 0.2) is 30.3 Å². The Balaban J connectivity index is 1.66. The van der Waals surface area contributed by atoms with E-state index in [1.165, 1.54) is 0 Å². The molecule has 18 heavy (non-hydrogen) atoms. The predicted molar refractivity (Wildman–Crippen MR) is 69.9 cm³/mol. The van der Waals surface area contributed by atoms with Crippen LogP contribution in [0.25, 0.3) is 0 Å². The van der Waals surface area contributed by atoms with Gasteiger partial charge in [0.05, 0.1) is 12.6 Å². The van der Waals surface area contributed by atoms with E-state index in [-0.39, 0.29) is 24.6 Å². The van der Waals surface area contributed by atoms with Gasteiger partial charge in [0.15, 0.2) is 0 Å². The second kappa shape index (κ2) is 6.52. The number of hydrogen-bond acceptors (Lipinski definition) is 3. The average molecular weight is 248 g/mol. The van der Waals surface area contributed by atoms with Crippen LogP contribution in [0, 0.1) is 0 Å². The van der Waals surface area contributed by atoms with Crippen molar-refractivity contribution in [2.24, 2.45) is 0 Å². The van der Waals surface area contributed by atoms with Crippen LogP contribution in [-0.2, 0) is 11.3 Å². The Hall–Kier alpha value is -1.39. The van der Waals surface area contributed by atoms with Crippen molar-refractivity contribution in [3.05, 3.63) is 35.9 Å². The van der Waals surface area contributed by atoms with Crippen molar-refractivity contribution in [1.29, 1.82) is 0 Å². The summed E-state index contributed by atoms with van der Waals surface area (Å²) in [6.45, 7) is 0.823. The summed E-state index contributed by atoms with van der Waals surface area (Å²) < 4.78 is 0. The van der Waals surface area contributed by atoms with Gasteiger partial charge in [-0.05, 0) is 24.8 Å². The summed E-state index contributed by atoms with van der Waals surface area (Å²) in [4.78, 5) is 11.6. The van der Waals surface area contributed by atoms with Crippen LogP contribution in [0.4, 0.5) is 0 Å². The molecule has 4 nitrogen and oxygen atoms in total. The molecule has 1 aromatic rings. The highest BCUT2D eigenvalue weighted by molar-refractivity contribution is 5.78. The first-order chi connectivity index (χ1) is 8.75. The first-order valence-corrected chi connectivity index (χ1v) is 6.48. The summed E-state index contributed by atoms with van der Waals surface area (Å²) in [7, 11) is 0. The molecule has 98 valence electrons. The molecule has 4 heteroatoms. The quantitative estimate of drug-likeness (QED) is 0.722. The number of rotatable bonds is 5. The summed E-state index contributed by atoms with van der Waals surface area (Å²) >= 11 is 0. The minimum Gasteiger partial charge on any atom is -0.392 e. The second-order valence-electron chi connectivity index (χ2n) is 4.75. The molecular weight excluding hydrogens is 228 g/mol. The molecule has 1 aromatic carbocycles. The van der Waals surface area contributed by atoms with Crippen molar-refractivity contribution < 1.29 is 9.90 Å². The number of carbonyl (C=O) groups excluding carboxylic acids is 1. The third-order valence-corrected chi connectivity index (χ3v) is 3.34. The van der Waals surface area contributed by atoms with Gasteiger partial charge in [-0.1, -0.05) is 30.3 Å². The van der Waals surface area contributed by atoms with Gasteiger partial charge in [-0.3, -0.25) is 4.79 Å². The molecule has 0 bridgehead atoms. The van der Waals surface area contributed by atoms with Gasteiger partial charge in [-0.25, -0.2) is 0 Å². The summed E-state index contributed by atoms with van der Waals surface area (Å²) in [5, 5.41) is 15.6. The van der Waals surface area contributed by atoms with Gasteiger partial charge in [0.25, 0.3) is 0 Å². The zero-order valence-electron chi connectivity index (χ0n) is 10.4. The van der Waals surface area contributed by atoms with Gasteiger partial charge in [-0.2, -0.15) is 0 Å². The third-order valence-electron chi connectivity index (χ3n) is 3.34. The van der Waals surface area contributed by atoms with Gasteiger partial charge < -0.3 is 15.7 Å². The number of nitrogens with one attached hydrogen (secondary N) is 2. The van der Waals surface area contributed by atoms with Gasteiger partial charge in [0.2, 0.25) is 5.91 Å². The zero-order valence-corrected chi connectivity index (χ0v) is 10.4. The molecule has 1 aliphatic rings. The topological polar surface area (TPSA) is 61.4 Å². The summed E-state index contributed by atoms with van der Waals surface area (Å²) in [6.07, 6.45) is 2.52. The van der Waals surface area contributed by atoms with Crippen LogP contribution in [0.2, 0.25) is 0 Å². The molecule has 1 aliphatic carbocycles. The molecule has 0 heterocycles. The maximum atomic E-state index is 11.6. The maximum absolute atomic E-state index is 11.6. The standard InChI is InChI=1S/C14H20N2O2/c17-13-8-4-7-12(13)15-10-14(18)16-9-11-5-2-1-3-6-11/h1-3,5-6,12-13,15,17H,4,7-10H2,(H,16,18)/t12-,13-/m1/s1. The number of aliphatic hydroxyl groups is 1. The number of aliphatic hydroxyl groups excluding tert-OH is 1. The van der Waals surface area contributed by atoms with E-state index < -0.39 is 0 Å². The lowest BCUT2D eigenvalue weighted by Gasteiger charge is -2.16. The molecule has 0 aromatic heterocycles. The van der Waals surface area contributed by atoms with E-state index in [1.807, 2.05) is 30.3 Å². The highest BCUT2D eigenvalue weighted by atomic mass is 16.3. The summed E-state index contributed by atoms with van der Waals surface area (Å²) in [5.74, 6) is -0.0297. The first kappa shape index (κ1) is 13.1. The molecule has 0 saturated heterocycles. The molecule has 0 aliphatic heterocycles. The Morgan fingerprint density at radius 3 is 2.72 bits per heavy atom. The van der Waals surface area contributed by atoms with E-state index in [9.17, 15) is 9.90 Å². The molecule has 2 atom stereocenters. The van der Waals surface area contributed by atoms with Gasteiger partial charge >= 0.3 is 0 Å². The third kappa shape index (κ3) is 3.82. The van der Waals surface area contributed by atoms with E-state index in [0.29, 0.717) is 6.54 Å². The fraction of sp³-hybridized carbons (Fsp3) is 0.500. The summed E-state index contributed by atoms with van der Waals surface area (Å²) in [6, 6.07) is 9.90. The van der Waals surface area contributed by atoms with Crippen molar-refractivity contribution in [2.75, 3.05) is 6.54 Å². The molecule has 2 rings (SSSR count). The maximum Gasteiger partial charge on any atom is 0.234 e. The highest BCUT2D eigenvalue weighted by Gasteiger charge is 2.24. The molecule has 0 unspecified atom stereocenters. The lowest BCUT2D eigenvalue weighted by Crippen LogP contribution is -2.42. The Morgan fingerprint density at radius 1 is 1.28 bits per heavy atom. The van der Waals surface area contributed by atoms with E-state index in [2.05, 4.69) is 10.6 Å². The van der Waals surface area contributed by atoms with Gasteiger partial charge in [-0.15, -0.1) is 0 Å². The van der Waals surface area contributed by atoms with Crippen LogP contribution in [0.1, 0.15) is 24.8 Å². The van der Waals surface area contributed by atoms with E-state index in [0.717, 1.165) is 24.8 Å². The fourth-order valence-electron chi connectivity index (χ4n) is 2.26. The molecule has 1 amide bonds. The highest BCUT2D eigenvalue weighted by Crippen LogP contribution is 2.18. The number of hydrogen-bond donors (Lipinski definition) is 3. The first-order valence-electron chi connectivity index (χ1n) is 6.48. The Kier molecular flexibility index (Phi) is 4.73. The molecule has 0 radical (unpaired) electrons. The number of amides is 1. The molecule has 3 N–H and O–H groups in total. The lowest BCUT2D eigenvalue weighted by molar-refractivity contribution is -0.120. The second-order valence-corrected chi connectivity index (χ2v) is 4.75. The Labute approximate surface area is 107 Å². The minimum absolute atomic E-state index is 0.0297. The average Bonchev–Trinajstić information content (AvgIpc) is 2.81. The summed E-state index contributed by atoms with van der Waals surface area (Å²) in [5.41, 5.74) is 1.09. The van der Waals surface area contributed by atoms with Crippen molar-refractivity contribution in [3.8, 4) is 0 Å². The monoisotopic (exact) mass is 248 g/mol. The molecule has 1 fully saturated rings. The van der Waals surface area contributed by atoms with Crippen molar-refractivity contribution in [3.63, 3.8) is 0 Å². The van der Waals surface area contributed by atoms with E-state index in [1.54, 1.807) is 0 Å². The van der Waals surface area contributed by atoms with Crippen LogP contribution in [0.5, 0.6) is 0 Å². The van der Waals surface area contributed by atoms with Crippen molar-refractivity contribution >= 4 is 5.91 Å². The van der Waals surface area contributed by atoms with E-state index >= 15 is 0 Å². The number of benzene rings is 1. The van der Waals surface area contributed by atoms with Gasteiger partial charge in [0.1, 0.15) is 0 Å². The molecule has 1 saturated carbocycles. The molecule has 0 spiro atoms. The number of carbonyl (C=O) groups is 1. The lowest BCUT2D eigenvalue weighted by atomic mass is 10.2. The molecular formula is C14H20N2O2. The van der Waals surface area contributed by atoms with Crippen molar-refractivity contribution in [1.82, 2.24) is 10.6 Å². The Morgan fingerprint density at radius 2 is 2.06 bits per heavy atom.